The molecule has 0 bridgehead atoms. The van der Waals surface area contributed by atoms with E-state index in [1.807, 2.05) is 36.4 Å². The van der Waals surface area contributed by atoms with E-state index in [2.05, 4.69) is 19.6 Å². The monoisotopic (exact) mass is 442 g/mol. The Morgan fingerprint density at radius 1 is 1.03 bits per heavy atom. The number of sulfonamides is 1. The molecular weight excluding hydrogens is 416 g/mol. The number of hydrogen-bond acceptors (Lipinski definition) is 7. The zero-order valence-electron chi connectivity index (χ0n) is 17.7. The molecule has 31 heavy (non-hydrogen) atoms. The Morgan fingerprint density at radius 2 is 1.77 bits per heavy atom. The Kier molecular flexibility index (Phi) is 6.13. The molecule has 4 rings (SSSR count). The van der Waals surface area contributed by atoms with Crippen LogP contribution in [0.4, 0.5) is 11.8 Å². The molecule has 1 N–H and O–H groups in total. The second-order valence-electron chi connectivity index (χ2n) is 7.59. The van der Waals surface area contributed by atoms with Gasteiger partial charge in [0.1, 0.15) is 12.4 Å². The van der Waals surface area contributed by atoms with Gasteiger partial charge in [0.05, 0.1) is 18.9 Å². The van der Waals surface area contributed by atoms with E-state index in [1.54, 1.807) is 13.2 Å². The molecule has 0 radical (unpaired) electrons. The molecule has 1 aromatic heterocycles. The van der Waals surface area contributed by atoms with Crippen LogP contribution in [0, 0.1) is 0 Å². The minimum atomic E-state index is -3.51. The molecule has 8 nitrogen and oxygen atoms in total. The molecule has 1 aliphatic rings. The van der Waals surface area contributed by atoms with Crippen molar-refractivity contribution >= 4 is 32.7 Å². The molecule has 1 saturated heterocycles. The van der Waals surface area contributed by atoms with Crippen molar-refractivity contribution in [2.24, 2.45) is 0 Å². The van der Waals surface area contributed by atoms with E-state index < -0.39 is 10.0 Å². The van der Waals surface area contributed by atoms with Gasteiger partial charge in [-0.15, -0.1) is 0 Å². The number of nitrogens with zero attached hydrogens (tertiary/aromatic N) is 3. The quantitative estimate of drug-likeness (QED) is 0.598. The Labute approximate surface area is 182 Å². The van der Waals surface area contributed by atoms with Crippen molar-refractivity contribution in [1.82, 2.24) is 9.97 Å². The number of hydrogen-bond donors (Lipinski definition) is 1. The number of fused-ring (bicyclic) bond motifs is 1. The summed E-state index contributed by atoms with van der Waals surface area (Å²) in [7, 11) is -1.92. The average molecular weight is 443 g/mol. The topological polar surface area (TPSA) is 93.7 Å². The number of benzene rings is 2. The van der Waals surface area contributed by atoms with E-state index in [4.69, 9.17) is 9.47 Å². The predicted molar refractivity (Wildman–Crippen MR) is 121 cm³/mol. The summed E-state index contributed by atoms with van der Waals surface area (Å²) in [6, 6.07) is 13.5. The van der Waals surface area contributed by atoms with Gasteiger partial charge < -0.3 is 14.4 Å². The average Bonchev–Trinajstić information content (AvgIpc) is 2.76. The summed E-state index contributed by atoms with van der Waals surface area (Å²) in [6.07, 6.45) is 4.39. The summed E-state index contributed by atoms with van der Waals surface area (Å²) in [5, 5.41) is 0.796. The zero-order valence-corrected chi connectivity index (χ0v) is 18.5. The molecular formula is C22H26N4O4S. The summed E-state index contributed by atoms with van der Waals surface area (Å²) in [5.74, 6) is 1.86. The number of rotatable bonds is 7. The van der Waals surface area contributed by atoms with Gasteiger partial charge in [0.2, 0.25) is 16.0 Å². The summed E-state index contributed by atoms with van der Waals surface area (Å²) in [5.41, 5.74) is 1.62. The van der Waals surface area contributed by atoms with Crippen LogP contribution in [-0.2, 0) is 16.6 Å². The lowest BCUT2D eigenvalue weighted by Crippen LogP contribution is -2.30. The standard InChI is InChI=1S/C22H26N4O4S/c1-29-19-13-17-18(14-20(19)30-15-16-9-5-3-6-10-16)23-22(25-31(2,27)28)24-21(17)26-11-7-4-8-12-26/h3,5-6,9-10,13-14H,4,7-8,11-12,15H2,1-2H3,(H,23,24,25). The molecule has 0 saturated carbocycles. The van der Waals surface area contributed by atoms with Crippen LogP contribution in [0.2, 0.25) is 0 Å². The van der Waals surface area contributed by atoms with Gasteiger partial charge in [-0.2, -0.15) is 4.98 Å². The first-order chi connectivity index (χ1) is 14.9. The second-order valence-corrected chi connectivity index (χ2v) is 9.34. The third-order valence-electron chi connectivity index (χ3n) is 5.13. The maximum absolute atomic E-state index is 11.8. The third-order valence-corrected chi connectivity index (χ3v) is 5.68. The van der Waals surface area contributed by atoms with Crippen molar-refractivity contribution in [3.8, 4) is 11.5 Å². The van der Waals surface area contributed by atoms with E-state index in [1.165, 1.54) is 6.42 Å². The molecule has 0 atom stereocenters. The first-order valence-electron chi connectivity index (χ1n) is 10.2. The Balaban J connectivity index is 1.77. The maximum atomic E-state index is 11.8. The Morgan fingerprint density at radius 3 is 2.45 bits per heavy atom. The molecule has 1 aliphatic heterocycles. The lowest BCUT2D eigenvalue weighted by molar-refractivity contribution is 0.285. The molecule has 2 aromatic carbocycles. The predicted octanol–water partition coefficient (Wildman–Crippen LogP) is 3.58. The van der Waals surface area contributed by atoms with Crippen molar-refractivity contribution in [3.63, 3.8) is 0 Å². The van der Waals surface area contributed by atoms with Gasteiger partial charge in [0.15, 0.2) is 11.5 Å². The van der Waals surface area contributed by atoms with E-state index in [0.717, 1.165) is 43.1 Å². The summed E-state index contributed by atoms with van der Waals surface area (Å²) in [6.45, 7) is 2.10. The molecule has 0 aliphatic carbocycles. The number of piperidine rings is 1. The van der Waals surface area contributed by atoms with E-state index in [9.17, 15) is 8.42 Å². The van der Waals surface area contributed by atoms with Crippen molar-refractivity contribution in [2.45, 2.75) is 25.9 Å². The van der Waals surface area contributed by atoms with E-state index >= 15 is 0 Å². The number of methoxy groups -OCH3 is 1. The molecule has 0 amide bonds. The molecule has 2 heterocycles. The highest BCUT2D eigenvalue weighted by Gasteiger charge is 2.20. The minimum absolute atomic E-state index is 0.0507. The smallest absolute Gasteiger partial charge is 0.239 e. The normalized spacial score (nSPS) is 14.5. The first-order valence-corrected chi connectivity index (χ1v) is 12.1. The van der Waals surface area contributed by atoms with Crippen LogP contribution in [0.25, 0.3) is 10.9 Å². The second kappa shape index (κ2) is 8.97. The van der Waals surface area contributed by atoms with Crippen molar-refractivity contribution < 1.29 is 17.9 Å². The highest BCUT2D eigenvalue weighted by molar-refractivity contribution is 7.91. The fraction of sp³-hybridized carbons (Fsp3) is 0.364. The fourth-order valence-corrected chi connectivity index (χ4v) is 4.11. The van der Waals surface area contributed by atoms with Crippen molar-refractivity contribution in [3.05, 3.63) is 48.0 Å². The molecule has 164 valence electrons. The van der Waals surface area contributed by atoms with Gasteiger partial charge >= 0.3 is 0 Å². The molecule has 3 aromatic rings. The highest BCUT2D eigenvalue weighted by atomic mass is 32.2. The third kappa shape index (κ3) is 5.16. The molecule has 0 spiro atoms. The molecule has 0 unspecified atom stereocenters. The van der Waals surface area contributed by atoms with Crippen LogP contribution in [0.5, 0.6) is 11.5 Å². The van der Waals surface area contributed by atoms with Crippen molar-refractivity contribution in [2.75, 3.05) is 36.1 Å². The van der Waals surface area contributed by atoms with Gasteiger partial charge in [-0.05, 0) is 30.9 Å². The van der Waals surface area contributed by atoms with Crippen LogP contribution >= 0.6 is 0 Å². The van der Waals surface area contributed by atoms with Gasteiger partial charge in [0.25, 0.3) is 0 Å². The molecule has 1 fully saturated rings. The van der Waals surface area contributed by atoms with E-state index in [-0.39, 0.29) is 5.95 Å². The fourth-order valence-electron chi connectivity index (χ4n) is 3.69. The Bertz CT molecular complexity index is 1160. The van der Waals surface area contributed by atoms with Gasteiger partial charge in [-0.1, -0.05) is 30.3 Å². The van der Waals surface area contributed by atoms with Gasteiger partial charge in [0, 0.05) is 24.5 Å². The van der Waals surface area contributed by atoms with Crippen LogP contribution in [-0.4, -0.2) is 44.8 Å². The summed E-state index contributed by atoms with van der Waals surface area (Å²) < 4.78 is 37.6. The number of anilines is 2. The van der Waals surface area contributed by atoms with Crippen molar-refractivity contribution in [1.29, 1.82) is 0 Å². The van der Waals surface area contributed by atoms with E-state index in [0.29, 0.717) is 29.4 Å². The van der Waals surface area contributed by atoms with Crippen LogP contribution in [0.15, 0.2) is 42.5 Å². The van der Waals surface area contributed by atoms with Crippen LogP contribution in [0.1, 0.15) is 24.8 Å². The number of nitrogens with one attached hydrogen (secondary N) is 1. The zero-order chi connectivity index (χ0) is 21.8. The minimum Gasteiger partial charge on any atom is -0.493 e. The van der Waals surface area contributed by atoms with Crippen LogP contribution < -0.4 is 19.1 Å². The SMILES string of the molecule is COc1cc2c(N3CCCCC3)nc(NS(C)(=O)=O)nc2cc1OCc1ccccc1. The number of ether oxygens (including phenoxy) is 2. The highest BCUT2D eigenvalue weighted by Crippen LogP contribution is 2.37. The largest absolute Gasteiger partial charge is 0.493 e. The molecule has 9 heteroatoms. The van der Waals surface area contributed by atoms with Crippen LogP contribution in [0.3, 0.4) is 0 Å². The van der Waals surface area contributed by atoms with Gasteiger partial charge in [-0.3, -0.25) is 4.72 Å². The summed E-state index contributed by atoms with van der Waals surface area (Å²) in [4.78, 5) is 11.2. The van der Waals surface area contributed by atoms with Gasteiger partial charge in [-0.25, -0.2) is 13.4 Å². The first kappa shape index (κ1) is 21.2. The lowest BCUT2D eigenvalue weighted by atomic mass is 10.1. The summed E-state index contributed by atoms with van der Waals surface area (Å²) >= 11 is 0. The maximum Gasteiger partial charge on any atom is 0.239 e. The Hall–Kier alpha value is -3.07. The number of aromatic nitrogens is 2. The lowest BCUT2D eigenvalue weighted by Gasteiger charge is -2.29.